The van der Waals surface area contributed by atoms with Crippen LogP contribution in [0.5, 0.6) is 5.75 Å². The van der Waals surface area contributed by atoms with E-state index < -0.39 is 0 Å². The molecule has 3 rings (SSSR count). The van der Waals surface area contributed by atoms with E-state index in [1.54, 1.807) is 35.2 Å². The molecule has 2 aromatic rings. The van der Waals surface area contributed by atoms with E-state index in [0.29, 0.717) is 42.6 Å². The first-order valence-electron chi connectivity index (χ1n) is 10.0. The first kappa shape index (κ1) is 23.0. The van der Waals surface area contributed by atoms with E-state index in [2.05, 4.69) is 10.2 Å². The summed E-state index contributed by atoms with van der Waals surface area (Å²) in [5.41, 5.74) is 6.74. The van der Waals surface area contributed by atoms with E-state index in [9.17, 15) is 14.0 Å². The van der Waals surface area contributed by atoms with Crippen LogP contribution in [0.4, 0.5) is 10.1 Å². The minimum Gasteiger partial charge on any atom is -0.482 e. The van der Waals surface area contributed by atoms with E-state index in [1.165, 1.54) is 12.1 Å². The zero-order chi connectivity index (χ0) is 22.4. The van der Waals surface area contributed by atoms with Gasteiger partial charge in [-0.25, -0.2) is 4.39 Å². The Morgan fingerprint density at radius 1 is 1.23 bits per heavy atom. The second-order valence-electron chi connectivity index (χ2n) is 7.48. The molecule has 1 fully saturated rings. The fourth-order valence-corrected chi connectivity index (χ4v) is 3.72. The molecule has 0 aliphatic carbocycles. The van der Waals surface area contributed by atoms with Crippen LogP contribution in [-0.4, -0.2) is 60.4 Å². The maximum atomic E-state index is 13.1. The van der Waals surface area contributed by atoms with Crippen molar-refractivity contribution in [3.8, 4) is 5.75 Å². The summed E-state index contributed by atoms with van der Waals surface area (Å²) in [5, 5.41) is 3.04. The van der Waals surface area contributed by atoms with Gasteiger partial charge in [-0.3, -0.25) is 14.5 Å². The lowest BCUT2D eigenvalue weighted by Crippen LogP contribution is -2.54. The van der Waals surface area contributed by atoms with Gasteiger partial charge in [0.1, 0.15) is 11.6 Å². The Labute approximate surface area is 185 Å². The molecule has 7 nitrogen and oxygen atoms in total. The molecule has 0 unspecified atom stereocenters. The van der Waals surface area contributed by atoms with Gasteiger partial charge < -0.3 is 20.7 Å². The molecular weight excluding hydrogens is 422 g/mol. The van der Waals surface area contributed by atoms with Crippen LogP contribution in [0.1, 0.15) is 12.5 Å². The van der Waals surface area contributed by atoms with Crippen molar-refractivity contribution in [1.82, 2.24) is 9.80 Å². The molecule has 1 saturated heterocycles. The number of carbonyl (C=O) groups is 2. The number of hydrogen-bond donors (Lipinski definition) is 2. The number of rotatable bonds is 7. The lowest BCUT2D eigenvalue weighted by atomic mass is 10.1. The fraction of sp³-hybridized carbons (Fsp3) is 0.364. The van der Waals surface area contributed by atoms with Crippen molar-refractivity contribution in [2.45, 2.75) is 19.5 Å². The van der Waals surface area contributed by atoms with E-state index in [1.807, 2.05) is 6.92 Å². The van der Waals surface area contributed by atoms with Gasteiger partial charge in [0.05, 0.1) is 12.2 Å². The maximum absolute atomic E-state index is 13.1. The van der Waals surface area contributed by atoms with E-state index in [4.69, 9.17) is 22.1 Å². The zero-order valence-electron chi connectivity index (χ0n) is 17.3. The number of carbonyl (C=O) groups excluding carboxylic acids is 2. The second-order valence-corrected chi connectivity index (χ2v) is 7.92. The molecule has 0 bridgehead atoms. The van der Waals surface area contributed by atoms with Gasteiger partial charge in [-0.05, 0) is 42.8 Å². The summed E-state index contributed by atoms with van der Waals surface area (Å²) < 4.78 is 18.8. The molecule has 1 atom stereocenters. The highest BCUT2D eigenvalue weighted by Crippen LogP contribution is 2.28. The van der Waals surface area contributed by atoms with Crippen LogP contribution >= 0.6 is 11.6 Å². The normalized spacial score (nSPS) is 16.8. The SMILES string of the molecule is C[C@@H]1CN(Cc2ccc([18F])cc2)CCN1C(=O)COc1ccc(Cl)cc1NC(=O)CN. The number of nitrogens with one attached hydrogen (secondary N) is 1. The largest absolute Gasteiger partial charge is 0.482 e. The van der Waals surface area contributed by atoms with Gasteiger partial charge in [-0.2, -0.15) is 0 Å². The monoisotopic (exact) mass is 447 g/mol. The summed E-state index contributed by atoms with van der Waals surface area (Å²) in [4.78, 5) is 28.4. The van der Waals surface area contributed by atoms with Gasteiger partial charge in [0.15, 0.2) is 6.61 Å². The Balaban J connectivity index is 1.54. The van der Waals surface area contributed by atoms with Crippen molar-refractivity contribution in [3.63, 3.8) is 0 Å². The summed E-state index contributed by atoms with van der Waals surface area (Å²) in [6, 6.07) is 11.2. The van der Waals surface area contributed by atoms with Crippen molar-refractivity contribution < 1.29 is 18.7 Å². The highest BCUT2D eigenvalue weighted by molar-refractivity contribution is 6.31. The third-order valence-electron chi connectivity index (χ3n) is 5.10. The van der Waals surface area contributed by atoms with Crippen LogP contribution < -0.4 is 15.8 Å². The number of piperazine rings is 1. The molecule has 2 amide bonds. The summed E-state index contributed by atoms with van der Waals surface area (Å²) in [6.45, 7) is 4.36. The Morgan fingerprint density at radius 2 is 1.97 bits per heavy atom. The standard InChI is InChI=1S/C22H26ClFN4O3/c1-15-12-27(13-16-2-5-18(24)6-3-16)8-9-28(15)22(30)14-31-20-7-4-17(23)10-19(20)26-21(29)11-25/h2-7,10,15H,8-9,11-14,25H2,1H3,(H,26,29)/t15-/m1/s1/i24-1. The number of halogens is 2. The number of benzene rings is 2. The average Bonchev–Trinajstić information content (AvgIpc) is 2.74. The molecule has 0 radical (unpaired) electrons. The van der Waals surface area contributed by atoms with Gasteiger partial charge in [0.2, 0.25) is 5.91 Å². The first-order chi connectivity index (χ1) is 14.9. The number of nitrogens with zero attached hydrogens (tertiary/aromatic N) is 2. The van der Waals surface area contributed by atoms with E-state index in [-0.39, 0.29) is 36.8 Å². The van der Waals surface area contributed by atoms with Gasteiger partial charge in [0, 0.05) is 37.2 Å². The average molecular weight is 448 g/mol. The molecule has 1 aliphatic heterocycles. The molecule has 166 valence electrons. The Hall–Kier alpha value is -2.68. The van der Waals surface area contributed by atoms with Crippen LogP contribution in [0.25, 0.3) is 0 Å². The highest BCUT2D eigenvalue weighted by atomic mass is 35.5. The van der Waals surface area contributed by atoms with Crippen LogP contribution in [0.3, 0.4) is 0 Å². The van der Waals surface area contributed by atoms with Crippen molar-refractivity contribution in [3.05, 3.63) is 58.9 Å². The minimum absolute atomic E-state index is 0.00642. The van der Waals surface area contributed by atoms with Crippen molar-refractivity contribution >= 4 is 29.1 Å². The molecule has 0 aromatic heterocycles. The lowest BCUT2D eigenvalue weighted by molar-refractivity contribution is -0.138. The summed E-state index contributed by atoms with van der Waals surface area (Å²) in [6.07, 6.45) is 0. The molecule has 0 saturated carbocycles. The molecule has 2 aromatic carbocycles. The predicted molar refractivity (Wildman–Crippen MR) is 117 cm³/mol. The molecule has 3 N–H and O–H groups in total. The first-order valence-corrected chi connectivity index (χ1v) is 10.4. The number of hydrogen-bond acceptors (Lipinski definition) is 5. The van der Waals surface area contributed by atoms with Gasteiger partial charge in [0.25, 0.3) is 5.91 Å². The Kier molecular flexibility index (Phi) is 7.84. The maximum Gasteiger partial charge on any atom is 0.260 e. The van der Waals surface area contributed by atoms with Crippen molar-refractivity contribution in [2.24, 2.45) is 5.73 Å². The predicted octanol–water partition coefficient (Wildman–Crippen LogP) is 2.49. The van der Waals surface area contributed by atoms with Gasteiger partial charge in [-0.1, -0.05) is 23.7 Å². The summed E-state index contributed by atoms with van der Waals surface area (Å²) in [7, 11) is 0. The third-order valence-corrected chi connectivity index (χ3v) is 5.34. The van der Waals surface area contributed by atoms with Gasteiger partial charge in [-0.15, -0.1) is 0 Å². The summed E-state index contributed by atoms with van der Waals surface area (Å²) in [5.74, 6) is -0.426. The number of nitrogens with two attached hydrogens (primary N) is 1. The number of ether oxygens (including phenoxy) is 1. The molecule has 9 heteroatoms. The van der Waals surface area contributed by atoms with E-state index in [0.717, 1.165) is 5.56 Å². The van der Waals surface area contributed by atoms with Crippen LogP contribution in [0, 0.1) is 5.82 Å². The van der Waals surface area contributed by atoms with Crippen molar-refractivity contribution in [1.29, 1.82) is 0 Å². The Bertz CT molecular complexity index is 925. The van der Waals surface area contributed by atoms with Gasteiger partial charge >= 0.3 is 0 Å². The molecular formula is C22H26ClFN4O3. The second kappa shape index (κ2) is 10.6. The minimum atomic E-state index is -0.385. The topological polar surface area (TPSA) is 87.9 Å². The van der Waals surface area contributed by atoms with Crippen molar-refractivity contribution in [2.75, 3.05) is 38.1 Å². The number of amides is 2. The molecule has 1 heterocycles. The smallest absolute Gasteiger partial charge is 0.260 e. The molecule has 0 spiro atoms. The van der Waals surface area contributed by atoms with Crippen LogP contribution in [-0.2, 0) is 16.1 Å². The van der Waals surface area contributed by atoms with Crippen LogP contribution in [0.2, 0.25) is 5.02 Å². The quantitative estimate of drug-likeness (QED) is 0.680. The summed E-state index contributed by atoms with van der Waals surface area (Å²) >= 11 is 5.99. The van der Waals surface area contributed by atoms with Crippen LogP contribution in [0.15, 0.2) is 42.5 Å². The third kappa shape index (κ3) is 6.40. The molecule has 31 heavy (non-hydrogen) atoms. The Morgan fingerprint density at radius 3 is 2.65 bits per heavy atom. The molecule has 1 aliphatic rings. The number of anilines is 1. The zero-order valence-corrected chi connectivity index (χ0v) is 18.1. The van der Waals surface area contributed by atoms with E-state index >= 15 is 0 Å². The fourth-order valence-electron chi connectivity index (χ4n) is 3.54. The highest BCUT2D eigenvalue weighted by Gasteiger charge is 2.27. The lowest BCUT2D eigenvalue weighted by Gasteiger charge is -2.39.